The molecule has 3 nitrogen and oxygen atoms in total. The Morgan fingerprint density at radius 1 is 1.37 bits per heavy atom. The third-order valence-electron chi connectivity index (χ3n) is 2.64. The molecule has 1 heterocycles. The standard InChI is InChI=1S/C14H14BrNO2S/c15-13-8-11(9-19-13)14(18)16-12-5-1-3-10(7-12)4-2-6-17/h1,3,5,7-9,17H,2,4,6H2,(H,16,18). The van der Waals surface area contributed by atoms with Gasteiger partial charge in [-0.1, -0.05) is 12.1 Å². The van der Waals surface area contributed by atoms with Crippen LogP contribution in [0.4, 0.5) is 5.69 Å². The Morgan fingerprint density at radius 2 is 2.21 bits per heavy atom. The Hall–Kier alpha value is -1.17. The minimum Gasteiger partial charge on any atom is -0.396 e. The number of amides is 1. The third-order valence-corrected chi connectivity index (χ3v) is 4.14. The van der Waals surface area contributed by atoms with E-state index in [4.69, 9.17) is 5.11 Å². The van der Waals surface area contributed by atoms with E-state index in [0.717, 1.165) is 27.9 Å². The minimum atomic E-state index is -0.110. The number of hydrogen-bond donors (Lipinski definition) is 2. The number of aryl methyl sites for hydroxylation is 1. The summed E-state index contributed by atoms with van der Waals surface area (Å²) in [5.41, 5.74) is 2.54. The molecule has 0 aliphatic heterocycles. The van der Waals surface area contributed by atoms with E-state index in [1.54, 1.807) is 6.07 Å². The zero-order valence-corrected chi connectivity index (χ0v) is 12.6. The Labute approximate surface area is 124 Å². The number of hydrogen-bond acceptors (Lipinski definition) is 3. The van der Waals surface area contributed by atoms with Gasteiger partial charge in [-0.25, -0.2) is 0 Å². The van der Waals surface area contributed by atoms with Gasteiger partial charge in [0, 0.05) is 17.7 Å². The minimum absolute atomic E-state index is 0.110. The first-order valence-electron chi connectivity index (χ1n) is 5.94. The zero-order chi connectivity index (χ0) is 13.7. The molecule has 2 rings (SSSR count). The summed E-state index contributed by atoms with van der Waals surface area (Å²) >= 11 is 4.83. The van der Waals surface area contributed by atoms with Crippen LogP contribution >= 0.6 is 27.3 Å². The maximum atomic E-state index is 12.0. The number of anilines is 1. The highest BCUT2D eigenvalue weighted by Gasteiger charge is 2.08. The van der Waals surface area contributed by atoms with E-state index in [9.17, 15) is 4.79 Å². The van der Waals surface area contributed by atoms with E-state index in [-0.39, 0.29) is 12.5 Å². The van der Waals surface area contributed by atoms with Gasteiger partial charge < -0.3 is 10.4 Å². The summed E-state index contributed by atoms with van der Waals surface area (Å²) in [5, 5.41) is 13.5. The predicted octanol–water partition coefficient (Wildman–Crippen LogP) is 3.69. The molecule has 0 spiro atoms. The molecule has 0 unspecified atom stereocenters. The van der Waals surface area contributed by atoms with E-state index in [1.807, 2.05) is 29.6 Å². The van der Waals surface area contributed by atoms with Crippen molar-refractivity contribution in [3.05, 3.63) is 50.6 Å². The van der Waals surface area contributed by atoms with E-state index in [0.29, 0.717) is 5.56 Å². The first kappa shape index (κ1) is 14.2. The first-order chi connectivity index (χ1) is 9.19. The van der Waals surface area contributed by atoms with Gasteiger partial charge in [-0.05, 0) is 52.5 Å². The Morgan fingerprint density at radius 3 is 2.89 bits per heavy atom. The lowest BCUT2D eigenvalue weighted by Crippen LogP contribution is -2.10. The fraction of sp³-hybridized carbons (Fsp3) is 0.214. The van der Waals surface area contributed by atoms with Gasteiger partial charge in [0.05, 0.1) is 9.35 Å². The maximum absolute atomic E-state index is 12.0. The van der Waals surface area contributed by atoms with Crippen LogP contribution in [0.15, 0.2) is 39.5 Å². The molecule has 5 heteroatoms. The van der Waals surface area contributed by atoms with Crippen LogP contribution in [-0.4, -0.2) is 17.6 Å². The van der Waals surface area contributed by atoms with E-state index >= 15 is 0 Å². The second-order valence-electron chi connectivity index (χ2n) is 4.12. The smallest absolute Gasteiger partial charge is 0.256 e. The highest BCUT2D eigenvalue weighted by Crippen LogP contribution is 2.21. The average Bonchev–Trinajstić information content (AvgIpc) is 2.83. The predicted molar refractivity (Wildman–Crippen MR) is 81.8 cm³/mol. The molecule has 0 aliphatic carbocycles. The molecular formula is C14H14BrNO2S. The molecule has 19 heavy (non-hydrogen) atoms. The average molecular weight is 340 g/mol. The highest BCUT2D eigenvalue weighted by molar-refractivity contribution is 9.11. The number of rotatable bonds is 5. The normalized spacial score (nSPS) is 10.4. The lowest BCUT2D eigenvalue weighted by molar-refractivity contribution is 0.102. The number of aliphatic hydroxyl groups is 1. The Kier molecular flexibility index (Phi) is 5.13. The van der Waals surface area contributed by atoms with Crippen molar-refractivity contribution in [2.24, 2.45) is 0 Å². The van der Waals surface area contributed by atoms with Crippen LogP contribution in [-0.2, 0) is 6.42 Å². The topological polar surface area (TPSA) is 49.3 Å². The van der Waals surface area contributed by atoms with Crippen LogP contribution in [0.25, 0.3) is 0 Å². The SMILES string of the molecule is O=C(Nc1cccc(CCCO)c1)c1csc(Br)c1. The van der Waals surface area contributed by atoms with Gasteiger partial charge in [-0.15, -0.1) is 11.3 Å². The largest absolute Gasteiger partial charge is 0.396 e. The summed E-state index contributed by atoms with van der Waals surface area (Å²) < 4.78 is 0.939. The van der Waals surface area contributed by atoms with E-state index < -0.39 is 0 Å². The molecule has 2 N–H and O–H groups in total. The molecule has 0 saturated carbocycles. The summed E-state index contributed by atoms with van der Waals surface area (Å²) in [5.74, 6) is -0.110. The fourth-order valence-electron chi connectivity index (χ4n) is 1.72. The molecular weight excluding hydrogens is 326 g/mol. The van der Waals surface area contributed by atoms with E-state index in [1.165, 1.54) is 11.3 Å². The van der Waals surface area contributed by atoms with Gasteiger partial charge >= 0.3 is 0 Å². The van der Waals surface area contributed by atoms with Crippen LogP contribution in [0.5, 0.6) is 0 Å². The summed E-state index contributed by atoms with van der Waals surface area (Å²) in [6.45, 7) is 0.180. The summed E-state index contributed by atoms with van der Waals surface area (Å²) in [6, 6.07) is 9.50. The van der Waals surface area contributed by atoms with Crippen LogP contribution in [0, 0.1) is 0 Å². The second kappa shape index (κ2) is 6.84. The quantitative estimate of drug-likeness (QED) is 0.872. The number of carbonyl (C=O) groups excluding carboxylic acids is 1. The highest BCUT2D eigenvalue weighted by atomic mass is 79.9. The molecule has 0 aliphatic rings. The second-order valence-corrected chi connectivity index (χ2v) is 6.41. The first-order valence-corrected chi connectivity index (χ1v) is 7.61. The third kappa shape index (κ3) is 4.16. The number of aliphatic hydroxyl groups excluding tert-OH is 1. The molecule has 0 atom stereocenters. The van der Waals surface area contributed by atoms with Gasteiger partial charge in [0.25, 0.3) is 5.91 Å². The molecule has 0 fully saturated rings. The Balaban J connectivity index is 2.04. The molecule has 0 radical (unpaired) electrons. The molecule has 1 aromatic heterocycles. The molecule has 100 valence electrons. The van der Waals surface area contributed by atoms with Crippen molar-refractivity contribution < 1.29 is 9.90 Å². The monoisotopic (exact) mass is 339 g/mol. The van der Waals surface area contributed by atoms with Gasteiger partial charge in [0.15, 0.2) is 0 Å². The lowest BCUT2D eigenvalue weighted by atomic mass is 10.1. The number of carbonyl (C=O) groups is 1. The lowest BCUT2D eigenvalue weighted by Gasteiger charge is -2.06. The van der Waals surface area contributed by atoms with Crippen LogP contribution in [0.3, 0.4) is 0 Å². The number of halogens is 1. The van der Waals surface area contributed by atoms with Crippen molar-refractivity contribution >= 4 is 38.9 Å². The van der Waals surface area contributed by atoms with Crippen molar-refractivity contribution in [2.45, 2.75) is 12.8 Å². The van der Waals surface area contributed by atoms with Gasteiger partial charge in [-0.3, -0.25) is 4.79 Å². The Bertz CT molecular complexity index is 568. The van der Waals surface area contributed by atoms with Gasteiger partial charge in [0.1, 0.15) is 0 Å². The van der Waals surface area contributed by atoms with Crippen LogP contribution in [0.2, 0.25) is 0 Å². The van der Waals surface area contributed by atoms with Crippen LogP contribution < -0.4 is 5.32 Å². The van der Waals surface area contributed by atoms with Gasteiger partial charge in [-0.2, -0.15) is 0 Å². The molecule has 2 aromatic rings. The number of nitrogens with one attached hydrogen (secondary N) is 1. The van der Waals surface area contributed by atoms with Crippen molar-refractivity contribution in [3.8, 4) is 0 Å². The number of benzene rings is 1. The fourth-order valence-corrected chi connectivity index (χ4v) is 2.86. The van der Waals surface area contributed by atoms with Crippen molar-refractivity contribution in [1.82, 2.24) is 0 Å². The number of thiophene rings is 1. The summed E-state index contributed by atoms with van der Waals surface area (Å²) in [7, 11) is 0. The van der Waals surface area contributed by atoms with Crippen molar-refractivity contribution in [1.29, 1.82) is 0 Å². The van der Waals surface area contributed by atoms with Crippen LogP contribution in [0.1, 0.15) is 22.3 Å². The maximum Gasteiger partial charge on any atom is 0.256 e. The van der Waals surface area contributed by atoms with Crippen molar-refractivity contribution in [2.75, 3.05) is 11.9 Å². The molecule has 1 aromatic carbocycles. The van der Waals surface area contributed by atoms with Gasteiger partial charge in [0.2, 0.25) is 0 Å². The zero-order valence-electron chi connectivity index (χ0n) is 10.2. The summed E-state index contributed by atoms with van der Waals surface area (Å²) in [6.07, 6.45) is 1.54. The summed E-state index contributed by atoms with van der Waals surface area (Å²) in [4.78, 5) is 12.0. The molecule has 0 bridgehead atoms. The molecule has 0 saturated heterocycles. The van der Waals surface area contributed by atoms with E-state index in [2.05, 4.69) is 21.2 Å². The van der Waals surface area contributed by atoms with Crippen molar-refractivity contribution in [3.63, 3.8) is 0 Å². The molecule has 1 amide bonds.